The van der Waals surface area contributed by atoms with E-state index < -0.39 is 0 Å². The van der Waals surface area contributed by atoms with Crippen molar-refractivity contribution in [1.29, 1.82) is 0 Å². The lowest BCUT2D eigenvalue weighted by atomic mass is 9.96. The van der Waals surface area contributed by atoms with E-state index in [2.05, 4.69) is 15.6 Å². The van der Waals surface area contributed by atoms with Crippen molar-refractivity contribution in [2.45, 2.75) is 51.0 Å². The van der Waals surface area contributed by atoms with Crippen molar-refractivity contribution in [2.75, 3.05) is 14.2 Å². The lowest BCUT2D eigenvalue weighted by molar-refractivity contribution is 0.0598. The standard InChI is InChI=1S/C16H23N3O4/c1-9-12(15(20)21-3)6-11(22-9)8-18-16(17-2)19-13-7-10-4-5-14(13)23-10/h6,10,13-14H,4-5,7-8H2,1-3H3,(H2,17,18,19). The SMILES string of the molecule is CN=C(NCc1cc(C(=O)OC)c(C)o1)NC1CC2CCC1O2. The summed E-state index contributed by atoms with van der Waals surface area (Å²) in [6.45, 7) is 2.19. The summed E-state index contributed by atoms with van der Waals surface area (Å²) in [6, 6.07) is 2.01. The number of nitrogens with zero attached hydrogens (tertiary/aromatic N) is 1. The van der Waals surface area contributed by atoms with Gasteiger partial charge in [0.25, 0.3) is 0 Å². The van der Waals surface area contributed by atoms with Crippen molar-refractivity contribution >= 4 is 11.9 Å². The monoisotopic (exact) mass is 321 g/mol. The molecule has 0 saturated carbocycles. The highest BCUT2D eigenvalue weighted by Crippen LogP contribution is 2.34. The van der Waals surface area contributed by atoms with E-state index in [-0.39, 0.29) is 12.1 Å². The molecular formula is C16H23N3O4. The van der Waals surface area contributed by atoms with Crippen LogP contribution in [0, 0.1) is 6.92 Å². The fourth-order valence-electron chi connectivity index (χ4n) is 3.27. The molecule has 1 aromatic rings. The minimum atomic E-state index is -0.390. The molecule has 2 aliphatic rings. The first-order valence-corrected chi connectivity index (χ1v) is 7.91. The number of ether oxygens (including phenoxy) is 2. The third-order valence-corrected chi connectivity index (χ3v) is 4.46. The molecule has 7 heteroatoms. The third-order valence-electron chi connectivity index (χ3n) is 4.46. The normalized spacial score (nSPS) is 26.4. The highest BCUT2D eigenvalue weighted by Gasteiger charge is 2.41. The van der Waals surface area contributed by atoms with Crippen LogP contribution in [-0.4, -0.2) is 44.3 Å². The van der Waals surface area contributed by atoms with Crippen LogP contribution in [0.5, 0.6) is 0 Å². The number of carbonyl (C=O) groups is 1. The summed E-state index contributed by atoms with van der Waals surface area (Å²) in [6.07, 6.45) is 3.98. The Morgan fingerprint density at radius 3 is 2.91 bits per heavy atom. The number of esters is 1. The van der Waals surface area contributed by atoms with Gasteiger partial charge in [0.1, 0.15) is 17.1 Å². The van der Waals surface area contributed by atoms with E-state index in [1.54, 1.807) is 20.0 Å². The van der Waals surface area contributed by atoms with Gasteiger partial charge in [-0.1, -0.05) is 0 Å². The lowest BCUT2D eigenvalue weighted by Gasteiger charge is -2.22. The number of fused-ring (bicyclic) bond motifs is 2. The smallest absolute Gasteiger partial charge is 0.341 e. The molecule has 23 heavy (non-hydrogen) atoms. The van der Waals surface area contributed by atoms with Crippen molar-refractivity contribution in [3.8, 4) is 0 Å². The maximum atomic E-state index is 11.6. The van der Waals surface area contributed by atoms with Gasteiger partial charge in [0.2, 0.25) is 0 Å². The summed E-state index contributed by atoms with van der Waals surface area (Å²) < 4.78 is 16.1. The number of nitrogens with one attached hydrogen (secondary N) is 2. The van der Waals surface area contributed by atoms with Gasteiger partial charge in [0.05, 0.1) is 31.9 Å². The molecule has 0 amide bonds. The number of guanidine groups is 1. The van der Waals surface area contributed by atoms with Gasteiger partial charge in [-0.25, -0.2) is 4.79 Å². The molecule has 0 aliphatic carbocycles. The summed E-state index contributed by atoms with van der Waals surface area (Å²) >= 11 is 0. The summed E-state index contributed by atoms with van der Waals surface area (Å²) in [5.74, 6) is 1.53. The highest BCUT2D eigenvalue weighted by atomic mass is 16.5. The van der Waals surface area contributed by atoms with Crippen LogP contribution >= 0.6 is 0 Å². The summed E-state index contributed by atoms with van der Waals surface area (Å²) in [5, 5.41) is 6.61. The molecule has 0 radical (unpaired) electrons. The van der Waals surface area contributed by atoms with Crippen molar-refractivity contribution in [2.24, 2.45) is 4.99 Å². The third kappa shape index (κ3) is 3.34. The maximum Gasteiger partial charge on any atom is 0.341 e. The molecule has 2 bridgehead atoms. The van der Waals surface area contributed by atoms with E-state index in [1.807, 2.05) is 0 Å². The summed E-state index contributed by atoms with van der Waals surface area (Å²) in [5.41, 5.74) is 0.453. The predicted molar refractivity (Wildman–Crippen MR) is 84.4 cm³/mol. The molecule has 1 aromatic heterocycles. The average molecular weight is 321 g/mol. The van der Waals surface area contributed by atoms with Gasteiger partial charge in [-0.3, -0.25) is 4.99 Å². The van der Waals surface area contributed by atoms with Crippen LogP contribution in [0.2, 0.25) is 0 Å². The Morgan fingerprint density at radius 1 is 1.48 bits per heavy atom. The fourth-order valence-corrected chi connectivity index (χ4v) is 3.27. The maximum absolute atomic E-state index is 11.6. The summed E-state index contributed by atoms with van der Waals surface area (Å²) in [4.78, 5) is 15.8. The predicted octanol–water partition coefficient (Wildman–Crippen LogP) is 1.36. The zero-order chi connectivity index (χ0) is 16.4. The fraction of sp³-hybridized carbons (Fsp3) is 0.625. The van der Waals surface area contributed by atoms with Crippen molar-refractivity contribution < 1.29 is 18.7 Å². The van der Waals surface area contributed by atoms with Gasteiger partial charge in [-0.05, 0) is 32.3 Å². The number of carbonyl (C=O) groups excluding carboxylic acids is 1. The molecule has 0 aromatic carbocycles. The van der Waals surface area contributed by atoms with Crippen LogP contribution < -0.4 is 10.6 Å². The van der Waals surface area contributed by atoms with Crippen LogP contribution in [0.4, 0.5) is 0 Å². The van der Waals surface area contributed by atoms with E-state index in [0.717, 1.165) is 19.3 Å². The van der Waals surface area contributed by atoms with Crippen LogP contribution in [-0.2, 0) is 16.0 Å². The van der Waals surface area contributed by atoms with Gasteiger partial charge < -0.3 is 24.5 Å². The number of aliphatic imine (C=N–C) groups is 1. The number of furan rings is 1. The minimum absolute atomic E-state index is 0.287. The summed E-state index contributed by atoms with van der Waals surface area (Å²) in [7, 11) is 3.09. The topological polar surface area (TPSA) is 85.1 Å². The Hall–Kier alpha value is -2.02. The number of aryl methyl sites for hydroxylation is 1. The molecule has 2 fully saturated rings. The number of hydrogen-bond acceptors (Lipinski definition) is 5. The second kappa shape index (κ2) is 6.62. The van der Waals surface area contributed by atoms with Gasteiger partial charge >= 0.3 is 5.97 Å². The van der Waals surface area contributed by atoms with Crippen LogP contribution in [0.25, 0.3) is 0 Å². The molecule has 3 heterocycles. The molecule has 2 N–H and O–H groups in total. The van der Waals surface area contributed by atoms with E-state index in [9.17, 15) is 4.79 Å². The molecule has 2 aliphatic heterocycles. The molecule has 0 spiro atoms. The van der Waals surface area contributed by atoms with Gasteiger partial charge in [0, 0.05) is 7.05 Å². The molecule has 3 unspecified atom stereocenters. The molecular weight excluding hydrogens is 298 g/mol. The lowest BCUT2D eigenvalue weighted by Crippen LogP contribution is -2.47. The quantitative estimate of drug-likeness (QED) is 0.495. The number of methoxy groups -OCH3 is 1. The Morgan fingerprint density at radius 2 is 2.30 bits per heavy atom. The second-order valence-corrected chi connectivity index (χ2v) is 5.96. The van der Waals surface area contributed by atoms with Gasteiger partial charge in [-0.15, -0.1) is 0 Å². The zero-order valence-electron chi connectivity index (χ0n) is 13.7. The molecule has 3 rings (SSSR count). The van der Waals surface area contributed by atoms with Crippen molar-refractivity contribution in [3.63, 3.8) is 0 Å². The van der Waals surface area contributed by atoms with Crippen LogP contribution in [0.15, 0.2) is 15.5 Å². The van der Waals surface area contributed by atoms with E-state index >= 15 is 0 Å². The van der Waals surface area contributed by atoms with Crippen molar-refractivity contribution in [1.82, 2.24) is 10.6 Å². The van der Waals surface area contributed by atoms with E-state index in [4.69, 9.17) is 13.9 Å². The van der Waals surface area contributed by atoms with E-state index in [0.29, 0.717) is 41.7 Å². The van der Waals surface area contributed by atoms with Crippen LogP contribution in [0.1, 0.15) is 41.1 Å². The minimum Gasteiger partial charge on any atom is -0.465 e. The van der Waals surface area contributed by atoms with Crippen molar-refractivity contribution in [3.05, 3.63) is 23.2 Å². The van der Waals surface area contributed by atoms with Crippen LogP contribution in [0.3, 0.4) is 0 Å². The van der Waals surface area contributed by atoms with Gasteiger partial charge in [-0.2, -0.15) is 0 Å². The first kappa shape index (κ1) is 15.9. The van der Waals surface area contributed by atoms with E-state index in [1.165, 1.54) is 7.11 Å². The Bertz CT molecular complexity index is 610. The van der Waals surface area contributed by atoms with Gasteiger partial charge in [0.15, 0.2) is 5.96 Å². The molecule has 2 saturated heterocycles. The Kier molecular flexibility index (Phi) is 4.56. The first-order chi connectivity index (χ1) is 11.1. The number of rotatable bonds is 4. The highest BCUT2D eigenvalue weighted by molar-refractivity contribution is 5.90. The Balaban J connectivity index is 1.55. The largest absolute Gasteiger partial charge is 0.465 e. The molecule has 126 valence electrons. The molecule has 7 nitrogen and oxygen atoms in total. The number of hydrogen-bond donors (Lipinski definition) is 2. The molecule has 3 atom stereocenters. The second-order valence-electron chi connectivity index (χ2n) is 5.96. The Labute approximate surface area is 135 Å². The average Bonchev–Trinajstić information content (AvgIpc) is 3.26. The first-order valence-electron chi connectivity index (χ1n) is 7.91. The zero-order valence-corrected chi connectivity index (χ0v) is 13.7.